The quantitative estimate of drug-likeness (QED) is 0.864. The Bertz CT molecular complexity index is 908. The lowest BCUT2D eigenvalue weighted by Gasteiger charge is -2.20. The fraction of sp³-hybridized carbons (Fsp3) is 0.200. The molecule has 0 saturated carbocycles. The summed E-state index contributed by atoms with van der Waals surface area (Å²) in [5.74, 6) is -1.68. The zero-order chi connectivity index (χ0) is 18.1. The van der Waals surface area contributed by atoms with Crippen LogP contribution in [0.4, 0.5) is 11.4 Å². The van der Waals surface area contributed by atoms with Crippen LogP contribution in [0.5, 0.6) is 0 Å². The second kappa shape index (κ2) is 6.55. The summed E-state index contributed by atoms with van der Waals surface area (Å²) >= 11 is 0. The average Bonchev–Trinajstić information content (AvgIpc) is 3.03. The van der Waals surface area contributed by atoms with Gasteiger partial charge in [0.2, 0.25) is 11.8 Å². The van der Waals surface area contributed by atoms with Crippen LogP contribution in [-0.4, -0.2) is 36.4 Å². The molecule has 2 aliphatic heterocycles. The van der Waals surface area contributed by atoms with E-state index < -0.39 is 11.8 Å². The molecule has 0 bridgehead atoms. The standard InChI is InChI=1S/C20H17N3O3/c24-18-10-13(12-23(18)14-6-2-1-3-7-14)22-20(26)16-11-21-17-9-5-4-8-15(17)19(16)25/h1-9,11,13,16H,10,12H2,(H,22,26). The number of Topliss-reactive ketones (excluding diaryl/α,β-unsaturated/α-hetero) is 1. The van der Waals surface area contributed by atoms with E-state index in [1.54, 1.807) is 29.2 Å². The van der Waals surface area contributed by atoms with Crippen LogP contribution in [-0.2, 0) is 9.59 Å². The van der Waals surface area contributed by atoms with Crippen molar-refractivity contribution in [3.8, 4) is 0 Å². The van der Waals surface area contributed by atoms with Crippen LogP contribution in [0.2, 0.25) is 0 Å². The Balaban J connectivity index is 1.45. The number of ketones is 1. The normalized spacial score (nSPS) is 21.6. The molecule has 2 unspecified atom stereocenters. The Hall–Kier alpha value is -3.28. The summed E-state index contributed by atoms with van der Waals surface area (Å²) in [6.45, 7) is 0.392. The maximum absolute atomic E-state index is 12.6. The number of nitrogens with zero attached hydrogens (tertiary/aromatic N) is 2. The Labute approximate surface area is 150 Å². The molecular weight excluding hydrogens is 330 g/mol. The van der Waals surface area contributed by atoms with Gasteiger partial charge >= 0.3 is 0 Å². The van der Waals surface area contributed by atoms with Crippen molar-refractivity contribution in [1.29, 1.82) is 0 Å². The van der Waals surface area contributed by atoms with Crippen LogP contribution < -0.4 is 10.2 Å². The van der Waals surface area contributed by atoms with Gasteiger partial charge in [-0.25, -0.2) is 0 Å². The number of para-hydroxylation sites is 2. The number of hydrogen-bond acceptors (Lipinski definition) is 4. The highest BCUT2D eigenvalue weighted by Crippen LogP contribution is 2.26. The Kier molecular flexibility index (Phi) is 4.08. The monoisotopic (exact) mass is 347 g/mol. The molecule has 130 valence electrons. The summed E-state index contributed by atoms with van der Waals surface area (Å²) in [5, 5.41) is 2.83. The van der Waals surface area contributed by atoms with Crippen molar-refractivity contribution >= 4 is 35.2 Å². The molecule has 1 fully saturated rings. The van der Waals surface area contributed by atoms with Crippen LogP contribution in [0.25, 0.3) is 0 Å². The maximum atomic E-state index is 12.6. The van der Waals surface area contributed by atoms with Gasteiger partial charge in [0.1, 0.15) is 5.92 Å². The molecule has 0 aliphatic carbocycles. The van der Waals surface area contributed by atoms with Crippen molar-refractivity contribution in [2.45, 2.75) is 12.5 Å². The minimum Gasteiger partial charge on any atom is -0.350 e. The minimum atomic E-state index is -0.953. The van der Waals surface area contributed by atoms with E-state index in [0.717, 1.165) is 5.69 Å². The predicted molar refractivity (Wildman–Crippen MR) is 97.8 cm³/mol. The van der Waals surface area contributed by atoms with E-state index in [1.165, 1.54) is 6.21 Å². The fourth-order valence-corrected chi connectivity index (χ4v) is 3.32. The summed E-state index contributed by atoms with van der Waals surface area (Å²) < 4.78 is 0. The molecule has 6 nitrogen and oxygen atoms in total. The number of carbonyl (C=O) groups is 3. The Morgan fingerprint density at radius 3 is 2.58 bits per heavy atom. The first-order valence-electron chi connectivity index (χ1n) is 8.47. The third kappa shape index (κ3) is 2.90. The third-order valence-corrected chi connectivity index (χ3v) is 4.64. The van der Waals surface area contributed by atoms with Gasteiger partial charge in [0.05, 0.1) is 11.7 Å². The molecule has 2 aromatic rings. The van der Waals surface area contributed by atoms with Crippen LogP contribution in [0, 0.1) is 5.92 Å². The number of anilines is 1. The Morgan fingerprint density at radius 1 is 1.04 bits per heavy atom. The fourth-order valence-electron chi connectivity index (χ4n) is 3.32. The van der Waals surface area contributed by atoms with E-state index in [2.05, 4.69) is 10.3 Å². The molecule has 1 saturated heterocycles. The zero-order valence-electron chi connectivity index (χ0n) is 14.0. The first kappa shape index (κ1) is 16.2. The SMILES string of the molecule is O=C(NC1CC(=O)N(c2ccccc2)C1)C1C=Nc2ccccc2C1=O. The number of aliphatic imine (C=N–C) groups is 1. The molecule has 2 atom stereocenters. The van der Waals surface area contributed by atoms with Crippen molar-refractivity contribution in [2.24, 2.45) is 10.9 Å². The van der Waals surface area contributed by atoms with Gasteiger partial charge in [-0.3, -0.25) is 19.4 Å². The molecule has 2 aromatic carbocycles. The number of carbonyl (C=O) groups excluding carboxylic acids is 3. The highest BCUT2D eigenvalue weighted by atomic mass is 16.2. The van der Waals surface area contributed by atoms with Crippen molar-refractivity contribution in [3.05, 3.63) is 60.2 Å². The average molecular weight is 347 g/mol. The molecule has 2 aliphatic rings. The molecule has 2 amide bonds. The molecule has 0 spiro atoms. The molecule has 26 heavy (non-hydrogen) atoms. The first-order valence-corrected chi connectivity index (χ1v) is 8.47. The molecule has 4 rings (SSSR count). The van der Waals surface area contributed by atoms with Crippen LogP contribution in [0.15, 0.2) is 59.6 Å². The van der Waals surface area contributed by atoms with Gasteiger partial charge in [-0.1, -0.05) is 30.3 Å². The highest BCUT2D eigenvalue weighted by Gasteiger charge is 2.35. The van der Waals surface area contributed by atoms with Crippen LogP contribution >= 0.6 is 0 Å². The molecule has 0 radical (unpaired) electrons. The molecule has 0 aromatic heterocycles. The largest absolute Gasteiger partial charge is 0.350 e. The summed E-state index contributed by atoms with van der Waals surface area (Å²) in [7, 11) is 0. The van der Waals surface area contributed by atoms with Gasteiger partial charge in [-0.2, -0.15) is 0 Å². The van der Waals surface area contributed by atoms with Gasteiger partial charge in [-0.05, 0) is 24.3 Å². The number of benzene rings is 2. The summed E-state index contributed by atoms with van der Waals surface area (Å²) in [4.78, 5) is 43.2. The van der Waals surface area contributed by atoms with E-state index in [4.69, 9.17) is 0 Å². The van der Waals surface area contributed by atoms with Crippen molar-refractivity contribution in [3.63, 3.8) is 0 Å². The van der Waals surface area contributed by atoms with Gasteiger partial charge in [0.15, 0.2) is 5.78 Å². The first-order chi connectivity index (χ1) is 12.6. The van der Waals surface area contributed by atoms with Crippen molar-refractivity contribution < 1.29 is 14.4 Å². The number of amides is 2. The summed E-state index contributed by atoms with van der Waals surface area (Å²) in [5.41, 5.74) is 1.83. The number of hydrogen-bond donors (Lipinski definition) is 1. The lowest BCUT2D eigenvalue weighted by Crippen LogP contribution is -2.44. The Morgan fingerprint density at radius 2 is 1.77 bits per heavy atom. The van der Waals surface area contributed by atoms with Gasteiger partial charge in [-0.15, -0.1) is 0 Å². The lowest BCUT2D eigenvalue weighted by molar-refractivity contribution is -0.122. The minimum absolute atomic E-state index is 0.0458. The zero-order valence-corrected chi connectivity index (χ0v) is 14.0. The second-order valence-electron chi connectivity index (χ2n) is 6.39. The molecule has 6 heteroatoms. The molecule has 1 N–H and O–H groups in total. The van der Waals surface area contributed by atoms with Gasteiger partial charge < -0.3 is 10.2 Å². The molecular formula is C20H17N3O3. The maximum Gasteiger partial charge on any atom is 0.236 e. The van der Waals surface area contributed by atoms with E-state index in [-0.39, 0.29) is 24.2 Å². The number of fused-ring (bicyclic) bond motifs is 1. The third-order valence-electron chi connectivity index (χ3n) is 4.64. The number of rotatable bonds is 3. The smallest absolute Gasteiger partial charge is 0.236 e. The van der Waals surface area contributed by atoms with E-state index in [1.807, 2.05) is 30.3 Å². The summed E-state index contributed by atoms with van der Waals surface area (Å²) in [6, 6.07) is 16.0. The van der Waals surface area contributed by atoms with E-state index >= 15 is 0 Å². The van der Waals surface area contributed by atoms with Crippen molar-refractivity contribution in [2.75, 3.05) is 11.4 Å². The summed E-state index contributed by atoms with van der Waals surface area (Å²) in [6.07, 6.45) is 1.60. The highest BCUT2D eigenvalue weighted by molar-refractivity contribution is 6.23. The van der Waals surface area contributed by atoms with E-state index in [0.29, 0.717) is 17.8 Å². The van der Waals surface area contributed by atoms with Crippen molar-refractivity contribution in [1.82, 2.24) is 5.32 Å². The second-order valence-corrected chi connectivity index (χ2v) is 6.39. The van der Waals surface area contributed by atoms with E-state index in [9.17, 15) is 14.4 Å². The van der Waals surface area contributed by atoms with Crippen LogP contribution in [0.3, 0.4) is 0 Å². The topological polar surface area (TPSA) is 78.8 Å². The lowest BCUT2D eigenvalue weighted by atomic mass is 9.93. The predicted octanol–water partition coefficient (Wildman–Crippen LogP) is 2.12. The van der Waals surface area contributed by atoms with Crippen LogP contribution in [0.1, 0.15) is 16.8 Å². The molecule has 2 heterocycles. The van der Waals surface area contributed by atoms with Gasteiger partial charge in [0, 0.05) is 30.4 Å². The van der Waals surface area contributed by atoms with Gasteiger partial charge in [0.25, 0.3) is 0 Å². The number of nitrogens with one attached hydrogen (secondary N) is 1.